The van der Waals surface area contributed by atoms with Crippen molar-refractivity contribution in [2.75, 3.05) is 6.61 Å². The third kappa shape index (κ3) is 5.31. The molecule has 0 unspecified atom stereocenters. The first kappa shape index (κ1) is 27.8. The number of aryl methyl sites for hydroxylation is 2. The molecule has 1 amide bonds. The second-order valence-corrected chi connectivity index (χ2v) is 11.3. The van der Waals surface area contributed by atoms with Crippen molar-refractivity contribution in [2.24, 2.45) is 0 Å². The maximum atomic E-state index is 13.0. The Morgan fingerprint density at radius 1 is 1.05 bits per heavy atom. The number of amides is 1. The van der Waals surface area contributed by atoms with E-state index in [0.29, 0.717) is 26.3 Å². The molecule has 6 rings (SSSR count). The first-order valence-corrected chi connectivity index (χ1v) is 14.6. The summed E-state index contributed by atoms with van der Waals surface area (Å²) in [4.78, 5) is 29.7. The van der Waals surface area contributed by atoms with Gasteiger partial charge in [-0.05, 0) is 71.5 Å². The van der Waals surface area contributed by atoms with Crippen molar-refractivity contribution < 1.29 is 18.8 Å². The summed E-state index contributed by atoms with van der Waals surface area (Å²) in [5.41, 5.74) is 8.17. The Hall–Kier alpha value is -4.40. The largest absolute Gasteiger partial charge is 0.449 e. The summed E-state index contributed by atoms with van der Waals surface area (Å²) in [5.74, 6) is 0.616. The van der Waals surface area contributed by atoms with Crippen molar-refractivity contribution in [1.82, 2.24) is 15.5 Å². The topological polar surface area (TPSA) is 94.3 Å². The molecule has 3 aromatic carbocycles. The van der Waals surface area contributed by atoms with Crippen LogP contribution in [0.2, 0.25) is 5.02 Å². The quantitative estimate of drug-likeness (QED) is 0.182. The summed E-state index contributed by atoms with van der Waals surface area (Å²) < 4.78 is 11.1. The molecule has 0 bridgehead atoms. The number of aldehydes is 1. The highest BCUT2D eigenvalue weighted by Gasteiger charge is 2.29. The fourth-order valence-electron chi connectivity index (χ4n) is 5.43. The molecule has 0 saturated heterocycles. The minimum absolute atomic E-state index is 0.0440. The highest BCUT2D eigenvalue weighted by molar-refractivity contribution is 7.99. The van der Waals surface area contributed by atoms with Gasteiger partial charge in [-0.1, -0.05) is 77.1 Å². The van der Waals surface area contributed by atoms with Gasteiger partial charge in [-0.2, -0.15) is 0 Å². The number of carbonyl (C=O) groups is 2. The van der Waals surface area contributed by atoms with Crippen molar-refractivity contribution in [3.05, 3.63) is 118 Å². The lowest BCUT2D eigenvalue weighted by Gasteiger charge is -2.17. The molecule has 2 aromatic heterocycles. The zero-order valence-corrected chi connectivity index (χ0v) is 24.5. The van der Waals surface area contributed by atoms with Gasteiger partial charge < -0.3 is 14.6 Å². The number of hydrogen-bond acceptors (Lipinski definition) is 7. The lowest BCUT2D eigenvalue weighted by Crippen LogP contribution is -2.26. The minimum Gasteiger partial charge on any atom is -0.449 e. The highest BCUT2D eigenvalue weighted by atomic mass is 35.5. The summed E-state index contributed by atoms with van der Waals surface area (Å²) in [6, 6.07) is 23.6. The molecule has 0 atom stereocenters. The van der Waals surface area contributed by atoms with Crippen molar-refractivity contribution in [1.29, 1.82) is 0 Å². The predicted molar refractivity (Wildman–Crippen MR) is 162 cm³/mol. The van der Waals surface area contributed by atoms with Crippen molar-refractivity contribution >= 4 is 35.7 Å². The lowest BCUT2D eigenvalue weighted by atomic mass is 9.98. The van der Waals surface area contributed by atoms with Gasteiger partial charge >= 0.3 is 6.09 Å². The number of nitrogens with one attached hydrogen (secondary N) is 1. The average Bonchev–Trinajstić information content (AvgIpc) is 3.52. The van der Waals surface area contributed by atoms with Crippen molar-refractivity contribution in [2.45, 2.75) is 36.2 Å². The second-order valence-electron chi connectivity index (χ2n) is 9.94. The average molecular weight is 596 g/mol. The highest BCUT2D eigenvalue weighted by Crippen LogP contribution is 2.45. The van der Waals surface area contributed by atoms with Crippen LogP contribution in [0.5, 0.6) is 0 Å². The molecule has 0 saturated carbocycles. The van der Waals surface area contributed by atoms with Gasteiger partial charge in [0, 0.05) is 34.7 Å². The molecule has 42 heavy (non-hydrogen) atoms. The van der Waals surface area contributed by atoms with Gasteiger partial charge in [0.25, 0.3) is 0 Å². The van der Waals surface area contributed by atoms with E-state index in [1.54, 1.807) is 18.3 Å². The Morgan fingerprint density at radius 3 is 2.43 bits per heavy atom. The Kier molecular flexibility index (Phi) is 7.82. The molecular weight excluding hydrogens is 570 g/mol. The van der Waals surface area contributed by atoms with E-state index in [0.717, 1.165) is 39.8 Å². The molecule has 2 heterocycles. The van der Waals surface area contributed by atoms with E-state index in [-0.39, 0.29) is 19.1 Å². The van der Waals surface area contributed by atoms with E-state index in [1.165, 1.54) is 22.9 Å². The number of nitrogens with zero attached hydrogens (tertiary/aromatic N) is 2. The number of rotatable bonds is 8. The van der Waals surface area contributed by atoms with Crippen LogP contribution in [0, 0.1) is 13.8 Å². The molecule has 0 aliphatic heterocycles. The number of carbonyl (C=O) groups excluding carboxylic acids is 2. The van der Waals surface area contributed by atoms with E-state index in [1.807, 2.05) is 50.2 Å². The van der Waals surface area contributed by atoms with Gasteiger partial charge in [0.2, 0.25) is 0 Å². The summed E-state index contributed by atoms with van der Waals surface area (Å²) >= 11 is 8.10. The zero-order chi connectivity index (χ0) is 29.2. The maximum Gasteiger partial charge on any atom is 0.407 e. The van der Waals surface area contributed by atoms with Crippen LogP contribution in [0.4, 0.5) is 4.79 Å². The maximum absolute atomic E-state index is 13.0. The van der Waals surface area contributed by atoms with Crippen LogP contribution in [0.1, 0.15) is 44.4 Å². The first-order chi connectivity index (χ1) is 20.4. The van der Waals surface area contributed by atoms with Gasteiger partial charge in [-0.3, -0.25) is 4.79 Å². The molecule has 1 aliphatic carbocycles. The molecule has 9 heteroatoms. The third-order valence-electron chi connectivity index (χ3n) is 7.34. The molecule has 7 nitrogen and oxygen atoms in total. The number of halogens is 1. The molecule has 0 radical (unpaired) electrons. The van der Waals surface area contributed by atoms with Gasteiger partial charge in [0.1, 0.15) is 17.4 Å². The van der Waals surface area contributed by atoms with Crippen LogP contribution < -0.4 is 5.32 Å². The fraction of sp³-hybridized carbons (Fsp3) is 0.152. The van der Waals surface area contributed by atoms with Gasteiger partial charge in [0.15, 0.2) is 6.29 Å². The summed E-state index contributed by atoms with van der Waals surface area (Å²) in [5, 5.41) is 7.93. The van der Waals surface area contributed by atoms with E-state index in [4.69, 9.17) is 20.9 Å². The number of pyridine rings is 1. The molecule has 1 N–H and O–H groups in total. The SMILES string of the molecule is Cc1noc(C)c1-c1cc(Cl)c(Sc2ncccc2C=O)c(CNC(=O)OCC2c3ccccc3-c3ccccc32)c1. The number of aromatic nitrogens is 2. The Labute approximate surface area is 252 Å². The van der Waals surface area contributed by atoms with Gasteiger partial charge in [-0.25, -0.2) is 9.78 Å². The molecule has 1 aliphatic rings. The molecule has 210 valence electrons. The predicted octanol–water partition coefficient (Wildman–Crippen LogP) is 8.01. The van der Waals surface area contributed by atoms with Crippen LogP contribution in [-0.2, 0) is 11.3 Å². The number of fused-ring (bicyclic) bond motifs is 3. The van der Waals surface area contributed by atoms with E-state index >= 15 is 0 Å². The summed E-state index contributed by atoms with van der Waals surface area (Å²) in [6.45, 7) is 4.04. The lowest BCUT2D eigenvalue weighted by molar-refractivity contribution is 0.112. The van der Waals surface area contributed by atoms with Crippen LogP contribution in [0.15, 0.2) is 93.4 Å². The third-order valence-corrected chi connectivity index (χ3v) is 8.97. The van der Waals surface area contributed by atoms with Crippen LogP contribution in [0.3, 0.4) is 0 Å². The van der Waals surface area contributed by atoms with E-state index in [9.17, 15) is 9.59 Å². The first-order valence-electron chi connectivity index (χ1n) is 13.4. The normalized spacial score (nSPS) is 12.1. The second kappa shape index (κ2) is 11.8. The molecule has 0 spiro atoms. The summed E-state index contributed by atoms with van der Waals surface area (Å²) in [6.07, 6.45) is 1.84. The fourth-order valence-corrected chi connectivity index (χ4v) is 6.74. The number of benzene rings is 3. The van der Waals surface area contributed by atoms with Crippen LogP contribution in [-0.4, -0.2) is 29.1 Å². The number of ether oxygens (including phenoxy) is 1. The Morgan fingerprint density at radius 2 is 1.76 bits per heavy atom. The van der Waals surface area contributed by atoms with E-state index < -0.39 is 6.09 Å². The van der Waals surface area contributed by atoms with Gasteiger partial charge in [0.05, 0.1) is 10.7 Å². The Bertz CT molecular complexity index is 1750. The molecule has 0 fully saturated rings. The standard InChI is InChI=1S/C33H26ClN3O4S/c1-19-30(20(2)41-37-19)22-14-23(31(29(34)15-22)42-32-21(17-38)8-7-13-35-32)16-36-33(39)40-18-28-26-11-5-3-9-24(26)25-10-4-6-12-27(25)28/h3-15,17,28H,16,18H2,1-2H3,(H,36,39). The monoisotopic (exact) mass is 595 g/mol. The minimum atomic E-state index is -0.543. The summed E-state index contributed by atoms with van der Waals surface area (Å²) in [7, 11) is 0. The number of hydrogen-bond donors (Lipinski definition) is 1. The smallest absolute Gasteiger partial charge is 0.407 e. The molecular formula is C33H26ClN3O4S. The molecule has 5 aromatic rings. The van der Waals surface area contributed by atoms with E-state index in [2.05, 4.69) is 39.7 Å². The van der Waals surface area contributed by atoms with Crippen LogP contribution in [0.25, 0.3) is 22.3 Å². The van der Waals surface area contributed by atoms with Crippen LogP contribution >= 0.6 is 23.4 Å². The van der Waals surface area contributed by atoms with Gasteiger partial charge in [-0.15, -0.1) is 0 Å². The zero-order valence-electron chi connectivity index (χ0n) is 22.9. The Balaban J connectivity index is 1.25. The number of alkyl carbamates (subject to hydrolysis) is 1. The van der Waals surface area contributed by atoms with Crippen molar-refractivity contribution in [3.63, 3.8) is 0 Å². The van der Waals surface area contributed by atoms with Crippen molar-refractivity contribution in [3.8, 4) is 22.3 Å².